The predicted molar refractivity (Wildman–Crippen MR) is 296 cm³/mol. The van der Waals surface area contributed by atoms with Crippen LogP contribution in [0.3, 0.4) is 0 Å². The molecule has 11 atom stereocenters. The smallest absolute Gasteiger partial charge is 0.326 e. The topological polar surface area (TPSA) is 437 Å². The highest BCUT2D eigenvalue weighted by molar-refractivity contribution is 5.98. The van der Waals surface area contributed by atoms with Crippen LogP contribution in [0.1, 0.15) is 89.8 Å². The van der Waals surface area contributed by atoms with Crippen molar-refractivity contribution in [2.24, 2.45) is 23.3 Å². The summed E-state index contributed by atoms with van der Waals surface area (Å²) in [6, 6.07) is 8.32. The summed E-state index contributed by atoms with van der Waals surface area (Å²) in [5.74, 6) is -12.6. The van der Waals surface area contributed by atoms with Crippen molar-refractivity contribution in [3.63, 3.8) is 0 Å². The molecule has 26 heteroatoms. The first-order valence-electron chi connectivity index (χ1n) is 26.8. The minimum atomic E-state index is -1.79. The highest BCUT2D eigenvalue weighted by Gasteiger charge is 2.37. The average molecular weight is 1150 g/mol. The van der Waals surface area contributed by atoms with E-state index in [1.54, 1.807) is 88.4 Å². The van der Waals surface area contributed by atoms with Crippen LogP contribution in [0.4, 0.5) is 0 Å². The van der Waals surface area contributed by atoms with Gasteiger partial charge in [0.1, 0.15) is 60.1 Å². The fourth-order valence-corrected chi connectivity index (χ4v) is 8.24. The minimum Gasteiger partial charge on any atom is -0.508 e. The highest BCUT2D eigenvalue weighted by Crippen LogP contribution is 2.16. The summed E-state index contributed by atoms with van der Waals surface area (Å²) in [5, 5.41) is 69.7. The van der Waals surface area contributed by atoms with Crippen LogP contribution >= 0.6 is 0 Å². The summed E-state index contributed by atoms with van der Waals surface area (Å²) in [6.45, 7) is 6.97. The van der Waals surface area contributed by atoms with Crippen molar-refractivity contribution >= 4 is 65.1 Å². The number of aliphatic carboxylic acids is 2. The zero-order valence-electron chi connectivity index (χ0n) is 46.5. The number of phenolic OH excluding ortho intramolecular Hbond substituents is 1. The van der Waals surface area contributed by atoms with Gasteiger partial charge in [0.15, 0.2) is 0 Å². The van der Waals surface area contributed by atoms with Crippen molar-refractivity contribution in [2.45, 2.75) is 153 Å². The van der Waals surface area contributed by atoms with E-state index in [0.717, 1.165) is 0 Å². The van der Waals surface area contributed by atoms with Gasteiger partial charge in [-0.1, -0.05) is 107 Å². The first-order chi connectivity index (χ1) is 38.7. The lowest BCUT2D eigenvalue weighted by Crippen LogP contribution is -2.62. The number of aliphatic hydroxyl groups excluding tert-OH is 2. The summed E-state index contributed by atoms with van der Waals surface area (Å²) >= 11 is 0. The van der Waals surface area contributed by atoms with E-state index in [0.29, 0.717) is 16.7 Å². The summed E-state index contributed by atoms with van der Waals surface area (Å²) in [5.41, 5.74) is 12.8. The second kappa shape index (κ2) is 33.9. The Balaban J connectivity index is 1.96. The molecule has 0 saturated heterocycles. The minimum absolute atomic E-state index is 0.0573. The maximum atomic E-state index is 14.5. The molecule has 17 N–H and O–H groups in total. The summed E-state index contributed by atoms with van der Waals surface area (Å²) in [7, 11) is 0. The van der Waals surface area contributed by atoms with Gasteiger partial charge in [-0.05, 0) is 66.8 Å². The quantitative estimate of drug-likeness (QED) is 0.0312. The third-order valence-electron chi connectivity index (χ3n) is 13.2. The Kier molecular flexibility index (Phi) is 28.1. The number of carbonyl (C=O) groups excluding carboxylic acids is 9. The van der Waals surface area contributed by atoms with Gasteiger partial charge in [0, 0.05) is 32.1 Å². The summed E-state index contributed by atoms with van der Waals surface area (Å²) in [4.78, 5) is 148. The number of carbonyl (C=O) groups is 11. The molecule has 0 radical (unpaired) electrons. The first-order valence-corrected chi connectivity index (χ1v) is 26.8. The van der Waals surface area contributed by atoms with E-state index < -0.39 is 164 Å². The van der Waals surface area contributed by atoms with E-state index in [1.165, 1.54) is 31.2 Å². The number of hydrogen-bond donors (Lipinski definition) is 15. The van der Waals surface area contributed by atoms with Crippen LogP contribution in [-0.2, 0) is 72.0 Å². The number of hydrogen-bond acceptors (Lipinski definition) is 15. The molecular weight excluding hydrogens is 1070 g/mol. The van der Waals surface area contributed by atoms with E-state index in [-0.39, 0.29) is 43.8 Å². The normalized spacial score (nSPS) is 15.1. The van der Waals surface area contributed by atoms with E-state index in [9.17, 15) is 78.3 Å². The number of rotatable bonds is 35. The monoisotopic (exact) mass is 1150 g/mol. The SMILES string of the molecule is CC[C@H](C)[C@H](NC(=O)[C@H](Cc1ccc(O)cc1)NC(=O)[C@H](CCC(=O)O)NC(=O)[C@H](Cc1ccccc1)NC(=O)[C@@H](N)[C@@H](C)O)C(=O)N[C@@H](CCC(N)=O)C(=O)N[C@@H](CO)C(=O)N[C@@H](Cc1ccccc1)C(=O)N[C@@H](CC(C)C)C(=O)O. The lowest BCUT2D eigenvalue weighted by atomic mass is 9.96. The molecule has 82 heavy (non-hydrogen) atoms. The molecule has 0 aliphatic carbocycles. The molecule has 3 aromatic carbocycles. The molecule has 0 bridgehead atoms. The number of aliphatic hydroxyl groups is 2. The van der Waals surface area contributed by atoms with Gasteiger partial charge in [0.05, 0.1) is 12.7 Å². The number of carboxylic acid groups (broad SMARTS) is 2. The number of carboxylic acids is 2. The van der Waals surface area contributed by atoms with Crippen LogP contribution in [0.5, 0.6) is 5.75 Å². The molecular formula is C56H78N10O16. The Hall–Kier alpha value is -8.49. The van der Waals surface area contributed by atoms with Gasteiger partial charge in [-0.3, -0.25) is 47.9 Å². The summed E-state index contributed by atoms with van der Waals surface area (Å²) < 4.78 is 0. The molecule has 9 amide bonds. The third-order valence-corrected chi connectivity index (χ3v) is 13.2. The number of benzene rings is 3. The molecule has 0 aliphatic heterocycles. The van der Waals surface area contributed by atoms with E-state index in [4.69, 9.17) is 11.5 Å². The molecule has 0 saturated carbocycles. The molecule has 0 aliphatic rings. The Morgan fingerprint density at radius 3 is 1.28 bits per heavy atom. The Labute approximate surface area is 474 Å². The van der Waals surface area contributed by atoms with Gasteiger partial charge >= 0.3 is 11.9 Å². The number of nitrogens with one attached hydrogen (secondary N) is 8. The first kappa shape index (κ1) is 67.8. The van der Waals surface area contributed by atoms with Crippen molar-refractivity contribution in [3.8, 4) is 5.75 Å². The Morgan fingerprint density at radius 1 is 0.488 bits per heavy atom. The molecule has 0 aromatic heterocycles. The highest BCUT2D eigenvalue weighted by atomic mass is 16.4. The molecule has 3 aromatic rings. The number of phenols is 1. The van der Waals surface area contributed by atoms with Gasteiger partial charge < -0.3 is 79.5 Å². The van der Waals surface area contributed by atoms with Gasteiger partial charge in [-0.15, -0.1) is 0 Å². The fourth-order valence-electron chi connectivity index (χ4n) is 8.24. The van der Waals surface area contributed by atoms with E-state index in [1.807, 2.05) is 0 Å². The van der Waals surface area contributed by atoms with Crippen LogP contribution in [0.2, 0.25) is 0 Å². The third kappa shape index (κ3) is 23.3. The maximum Gasteiger partial charge on any atom is 0.326 e. The van der Waals surface area contributed by atoms with E-state index in [2.05, 4.69) is 42.5 Å². The van der Waals surface area contributed by atoms with Crippen LogP contribution in [0.25, 0.3) is 0 Å². The van der Waals surface area contributed by atoms with Gasteiger partial charge in [-0.25, -0.2) is 4.79 Å². The number of amides is 9. The fraction of sp³-hybridized carbons (Fsp3) is 0.482. The van der Waals surface area contributed by atoms with Gasteiger partial charge in [0.2, 0.25) is 53.2 Å². The second-order valence-corrected chi connectivity index (χ2v) is 20.4. The largest absolute Gasteiger partial charge is 0.508 e. The van der Waals surface area contributed by atoms with Crippen LogP contribution in [0.15, 0.2) is 84.9 Å². The Morgan fingerprint density at radius 2 is 0.866 bits per heavy atom. The number of primary amides is 1. The van der Waals surface area contributed by atoms with E-state index >= 15 is 0 Å². The second-order valence-electron chi connectivity index (χ2n) is 20.4. The maximum absolute atomic E-state index is 14.5. The molecule has 0 spiro atoms. The lowest BCUT2D eigenvalue weighted by molar-refractivity contribution is -0.143. The van der Waals surface area contributed by atoms with Gasteiger partial charge in [0.25, 0.3) is 0 Å². The Bertz CT molecular complexity index is 2640. The van der Waals surface area contributed by atoms with Crippen molar-refractivity contribution in [1.82, 2.24) is 42.5 Å². The lowest BCUT2D eigenvalue weighted by Gasteiger charge is -2.30. The van der Waals surface area contributed by atoms with Crippen LogP contribution in [0, 0.1) is 11.8 Å². The molecule has 0 unspecified atom stereocenters. The zero-order chi connectivity index (χ0) is 61.2. The number of nitrogens with two attached hydrogens (primary N) is 2. The molecule has 3 rings (SSSR count). The molecule has 26 nitrogen and oxygen atoms in total. The van der Waals surface area contributed by atoms with Crippen molar-refractivity contribution in [3.05, 3.63) is 102 Å². The van der Waals surface area contributed by atoms with Crippen LogP contribution < -0.4 is 54.0 Å². The zero-order valence-corrected chi connectivity index (χ0v) is 46.5. The van der Waals surface area contributed by atoms with Crippen molar-refractivity contribution in [1.29, 1.82) is 0 Å². The molecule has 0 heterocycles. The summed E-state index contributed by atoms with van der Waals surface area (Å²) in [6.07, 6.45) is -3.81. The van der Waals surface area contributed by atoms with Crippen LogP contribution in [-0.4, -0.2) is 158 Å². The van der Waals surface area contributed by atoms with Gasteiger partial charge in [-0.2, -0.15) is 0 Å². The van der Waals surface area contributed by atoms with Crippen molar-refractivity contribution in [2.75, 3.05) is 6.61 Å². The molecule has 448 valence electrons. The average Bonchev–Trinajstić information content (AvgIpc) is 3.45. The number of aromatic hydroxyl groups is 1. The predicted octanol–water partition coefficient (Wildman–Crippen LogP) is -1.69. The van der Waals surface area contributed by atoms with Crippen molar-refractivity contribution < 1.29 is 78.3 Å². The molecule has 0 fully saturated rings. The standard InChI is InChI=1S/C56H78N10O16/c1-6-31(4)47(55(80)60-37(21-23-44(57)70)49(74)65-43(29-67)53(78)62-39(26-33-13-9-7-10-14-33)51(76)64-42(56(81)82)25-30(2)3)66-52(77)41(28-35-17-19-36(69)20-18-35)61-48(73)38(22-24-45(71)72)59-50(75)40(27-34-15-11-8-12-16-34)63-54(79)46(58)32(5)68/h7-20,30-32,37-43,46-47,67-69H,6,21-29,58H2,1-5H3,(H2,57,70)(H,59,75)(H,60,80)(H,61,73)(H,62,78)(H,63,79)(H,64,76)(H,65,74)(H,66,77)(H,71,72)(H,81,82)/t31-,32+,37-,38-,39-,40-,41-,42-,43-,46-,47-/m0/s1.